The minimum absolute atomic E-state index is 0.00462. The van der Waals surface area contributed by atoms with E-state index >= 15 is 0 Å². The second-order valence-corrected chi connectivity index (χ2v) is 12.3. The Kier molecular flexibility index (Phi) is 6.83. The minimum Gasteiger partial charge on any atom is -0.481 e. The van der Waals surface area contributed by atoms with Crippen LogP contribution in [0.25, 0.3) is 0 Å². The third-order valence-corrected chi connectivity index (χ3v) is 9.92. The Morgan fingerprint density at radius 3 is 2.54 bits per heavy atom. The molecule has 35 heavy (non-hydrogen) atoms. The molecular weight excluding hydrogens is 466 g/mol. The molecule has 4 unspecified atom stereocenters. The van der Waals surface area contributed by atoms with Gasteiger partial charge in [0.2, 0.25) is 10.0 Å². The number of carboxylic acids is 1. The number of aliphatic carboxylic acids is 1. The molecule has 2 bridgehead atoms. The van der Waals surface area contributed by atoms with Gasteiger partial charge in [0.1, 0.15) is 0 Å². The van der Waals surface area contributed by atoms with Gasteiger partial charge in [0, 0.05) is 56.8 Å². The highest BCUT2D eigenvalue weighted by atomic mass is 32.2. The van der Waals surface area contributed by atoms with Crippen molar-refractivity contribution in [3.63, 3.8) is 0 Å². The number of hydrogen-bond donors (Lipinski definition) is 1. The van der Waals surface area contributed by atoms with Gasteiger partial charge in [-0.05, 0) is 61.8 Å². The molecule has 0 radical (unpaired) electrons. The molecule has 2 saturated heterocycles. The summed E-state index contributed by atoms with van der Waals surface area (Å²) in [4.78, 5) is 26.5. The van der Waals surface area contributed by atoms with Gasteiger partial charge < -0.3 is 14.6 Å². The molecule has 1 aromatic heterocycles. The van der Waals surface area contributed by atoms with Gasteiger partial charge in [0.25, 0.3) is 5.56 Å². The lowest BCUT2D eigenvalue weighted by atomic mass is 9.80. The van der Waals surface area contributed by atoms with E-state index in [4.69, 9.17) is 0 Å². The quantitative estimate of drug-likeness (QED) is 0.628. The number of pyridine rings is 1. The fourth-order valence-corrected chi connectivity index (χ4v) is 7.89. The number of hydrogen-bond acceptors (Lipinski definition) is 5. The van der Waals surface area contributed by atoms with Crippen molar-refractivity contribution in [2.75, 3.05) is 32.7 Å². The fourth-order valence-electron chi connectivity index (χ4n) is 6.35. The Bertz CT molecular complexity index is 1230. The van der Waals surface area contributed by atoms with Gasteiger partial charge >= 0.3 is 5.97 Å². The van der Waals surface area contributed by atoms with Crippen molar-refractivity contribution in [1.82, 2.24) is 13.8 Å². The molecule has 8 nitrogen and oxygen atoms in total. The van der Waals surface area contributed by atoms with Crippen LogP contribution in [0.5, 0.6) is 0 Å². The molecular formula is C26H33N3O5S. The molecule has 4 heterocycles. The van der Waals surface area contributed by atoms with E-state index in [0.717, 1.165) is 44.7 Å². The zero-order valence-electron chi connectivity index (χ0n) is 19.8. The highest BCUT2D eigenvalue weighted by Gasteiger charge is 2.38. The number of fused-ring (bicyclic) bond motifs is 4. The number of benzene rings is 1. The summed E-state index contributed by atoms with van der Waals surface area (Å²) in [6.07, 6.45) is 2.49. The topological polar surface area (TPSA) is 99.9 Å². The number of likely N-dealkylation sites (tertiary alicyclic amines) is 1. The van der Waals surface area contributed by atoms with Crippen LogP contribution in [0.2, 0.25) is 0 Å². The average Bonchev–Trinajstić information content (AvgIpc) is 2.84. The van der Waals surface area contributed by atoms with Crippen molar-refractivity contribution in [2.24, 2.45) is 17.8 Å². The third kappa shape index (κ3) is 5.08. The molecule has 2 aromatic rings. The molecule has 5 rings (SSSR count). The standard InChI is InChI=1S/C26H33N3O5S/c30-25-8-4-7-24-22-13-19(16-29(24)25)15-27(17-22)11-9-21-18-28(12-10-20(21)14-26(31)32)35(33,34)23-5-2-1-3-6-23/h1-8,19-22H,9-18H2,(H,31,32). The fraction of sp³-hybridized carbons (Fsp3) is 0.538. The molecule has 1 N–H and O–H groups in total. The van der Waals surface area contributed by atoms with Crippen LogP contribution in [0.4, 0.5) is 0 Å². The highest BCUT2D eigenvalue weighted by Crippen LogP contribution is 2.36. The summed E-state index contributed by atoms with van der Waals surface area (Å²) in [5.74, 6) is -0.104. The smallest absolute Gasteiger partial charge is 0.303 e. The Balaban J connectivity index is 1.28. The van der Waals surface area contributed by atoms with Crippen molar-refractivity contribution in [3.8, 4) is 0 Å². The SMILES string of the molecule is O=C(O)CC1CCN(S(=O)(=O)c2ccccc2)CC1CCN1CC2CC(C1)c1cccc(=O)n1C2. The molecule has 1 aromatic carbocycles. The first-order chi connectivity index (χ1) is 16.8. The largest absolute Gasteiger partial charge is 0.481 e. The lowest BCUT2D eigenvalue weighted by Crippen LogP contribution is -2.48. The second-order valence-electron chi connectivity index (χ2n) is 10.3. The maximum atomic E-state index is 13.2. The van der Waals surface area contributed by atoms with Gasteiger partial charge in [0.15, 0.2) is 0 Å². The Labute approximate surface area is 206 Å². The zero-order valence-corrected chi connectivity index (χ0v) is 20.6. The molecule has 0 aliphatic carbocycles. The van der Waals surface area contributed by atoms with Crippen molar-refractivity contribution in [3.05, 3.63) is 64.6 Å². The summed E-state index contributed by atoms with van der Waals surface area (Å²) in [7, 11) is -3.60. The van der Waals surface area contributed by atoms with E-state index < -0.39 is 16.0 Å². The zero-order chi connectivity index (χ0) is 24.6. The van der Waals surface area contributed by atoms with Gasteiger partial charge in [-0.15, -0.1) is 0 Å². The first kappa shape index (κ1) is 24.2. The molecule has 2 fully saturated rings. The van der Waals surface area contributed by atoms with Gasteiger partial charge in [-0.1, -0.05) is 24.3 Å². The molecule has 3 aliphatic heterocycles. The number of rotatable bonds is 7. The van der Waals surface area contributed by atoms with Crippen molar-refractivity contribution in [1.29, 1.82) is 0 Å². The number of carbonyl (C=O) groups is 1. The van der Waals surface area contributed by atoms with Gasteiger partial charge in [-0.3, -0.25) is 9.59 Å². The lowest BCUT2D eigenvalue weighted by molar-refractivity contribution is -0.139. The number of piperidine rings is 2. The van der Waals surface area contributed by atoms with E-state index in [-0.39, 0.29) is 28.7 Å². The molecule has 0 spiro atoms. The molecule has 3 aliphatic rings. The van der Waals surface area contributed by atoms with Crippen molar-refractivity contribution in [2.45, 2.75) is 43.0 Å². The predicted octanol–water partition coefficient (Wildman–Crippen LogP) is 2.46. The van der Waals surface area contributed by atoms with Crippen LogP contribution in [-0.2, 0) is 21.4 Å². The number of carboxylic acid groups (broad SMARTS) is 1. The van der Waals surface area contributed by atoms with Crippen LogP contribution in [0.3, 0.4) is 0 Å². The van der Waals surface area contributed by atoms with E-state index in [1.807, 2.05) is 10.6 Å². The minimum atomic E-state index is -3.60. The molecule has 9 heteroatoms. The summed E-state index contributed by atoms with van der Waals surface area (Å²) in [6, 6.07) is 14.0. The maximum absolute atomic E-state index is 13.2. The van der Waals surface area contributed by atoms with Crippen LogP contribution in [0.15, 0.2) is 58.2 Å². The van der Waals surface area contributed by atoms with Gasteiger partial charge in [-0.25, -0.2) is 8.42 Å². The maximum Gasteiger partial charge on any atom is 0.303 e. The summed E-state index contributed by atoms with van der Waals surface area (Å²) in [6.45, 7) is 4.06. The normalized spacial score (nSPS) is 27.3. The van der Waals surface area contributed by atoms with Gasteiger partial charge in [-0.2, -0.15) is 4.31 Å². The van der Waals surface area contributed by atoms with Crippen LogP contribution in [-0.4, -0.2) is 66.0 Å². The Morgan fingerprint density at radius 1 is 0.971 bits per heavy atom. The van der Waals surface area contributed by atoms with Crippen molar-refractivity contribution < 1.29 is 18.3 Å². The molecule has 0 amide bonds. The predicted molar refractivity (Wildman–Crippen MR) is 132 cm³/mol. The van der Waals surface area contributed by atoms with E-state index in [2.05, 4.69) is 11.0 Å². The summed E-state index contributed by atoms with van der Waals surface area (Å²) in [5.41, 5.74) is 1.18. The van der Waals surface area contributed by atoms with Crippen LogP contribution >= 0.6 is 0 Å². The van der Waals surface area contributed by atoms with Crippen LogP contribution in [0.1, 0.15) is 37.3 Å². The number of nitrogens with zero attached hydrogens (tertiary/aromatic N) is 3. The average molecular weight is 500 g/mol. The molecule has 4 atom stereocenters. The lowest BCUT2D eigenvalue weighted by Gasteiger charge is -2.44. The number of aromatic nitrogens is 1. The van der Waals surface area contributed by atoms with E-state index in [1.54, 1.807) is 40.7 Å². The van der Waals surface area contributed by atoms with Crippen LogP contribution < -0.4 is 5.56 Å². The summed E-state index contributed by atoms with van der Waals surface area (Å²) in [5, 5.41) is 9.46. The molecule has 0 saturated carbocycles. The Morgan fingerprint density at radius 2 is 1.77 bits per heavy atom. The summed E-state index contributed by atoms with van der Waals surface area (Å²) >= 11 is 0. The summed E-state index contributed by atoms with van der Waals surface area (Å²) < 4.78 is 29.9. The van der Waals surface area contributed by atoms with Crippen LogP contribution in [0, 0.1) is 17.8 Å². The highest BCUT2D eigenvalue weighted by molar-refractivity contribution is 7.89. The monoisotopic (exact) mass is 499 g/mol. The second kappa shape index (κ2) is 9.87. The van der Waals surface area contributed by atoms with E-state index in [1.165, 1.54) is 0 Å². The first-order valence-corrected chi connectivity index (χ1v) is 13.9. The third-order valence-electron chi connectivity index (χ3n) is 8.04. The van der Waals surface area contributed by atoms with Gasteiger partial charge in [0.05, 0.1) is 4.90 Å². The van der Waals surface area contributed by atoms with E-state index in [9.17, 15) is 23.1 Å². The molecule has 188 valence electrons. The van der Waals surface area contributed by atoms with Crippen molar-refractivity contribution >= 4 is 16.0 Å². The number of sulfonamides is 1. The Hall–Kier alpha value is -2.49. The van der Waals surface area contributed by atoms with E-state index in [0.29, 0.717) is 31.3 Å². The first-order valence-electron chi connectivity index (χ1n) is 12.5.